The predicted molar refractivity (Wildman–Crippen MR) is 279 cm³/mol. The van der Waals surface area contributed by atoms with Crippen LogP contribution >= 0.6 is 0 Å². The largest absolute Gasteiger partial charge is 0.462 e. The molecule has 0 aromatic carbocycles. The van der Waals surface area contributed by atoms with Crippen LogP contribution < -0.4 is 0 Å². The van der Waals surface area contributed by atoms with Crippen LogP contribution in [-0.4, -0.2) is 37.9 Å². The number of esters is 2. The van der Waals surface area contributed by atoms with Crippen LogP contribution in [-0.2, 0) is 23.8 Å². The minimum atomic E-state index is -0.541. The van der Waals surface area contributed by atoms with E-state index in [1.165, 1.54) is 186 Å². The lowest BCUT2D eigenvalue weighted by Gasteiger charge is -2.18. The zero-order valence-electron chi connectivity index (χ0n) is 43.1. The summed E-state index contributed by atoms with van der Waals surface area (Å²) in [7, 11) is 0. The fourth-order valence-corrected chi connectivity index (χ4v) is 8.17. The molecule has 0 heterocycles. The minimum absolute atomic E-state index is 0.0812. The average molecular weight is 898 g/mol. The van der Waals surface area contributed by atoms with Gasteiger partial charge in [0.1, 0.15) is 6.61 Å². The number of unbranched alkanes of at least 4 members (excludes halogenated alkanes) is 33. The van der Waals surface area contributed by atoms with Gasteiger partial charge in [0.05, 0.1) is 6.61 Å². The molecule has 0 aliphatic heterocycles. The molecule has 0 N–H and O–H groups in total. The molecule has 0 bridgehead atoms. The second-order valence-electron chi connectivity index (χ2n) is 18.8. The standard InChI is InChI=1S/C59H108O5/c1-4-7-10-13-16-19-22-25-28-30-32-34-37-40-43-46-49-52-58(60)63-56-57(55-62-54-51-48-45-42-39-36-27-24-21-18-15-12-9-6-3)64-59(61)53-50-47-44-41-38-35-33-31-29-26-23-20-17-14-11-8-5-2/h7,10,16,19,21,24-25,28,57H,4-6,8-9,11-15,17-18,20,22-23,26-27,29-56H2,1-3H3/b10-7-,19-16-,24-21-,28-25-. The lowest BCUT2D eigenvalue weighted by atomic mass is 10.0. The number of hydrogen-bond donors (Lipinski definition) is 0. The summed E-state index contributed by atoms with van der Waals surface area (Å²) < 4.78 is 17.5. The third-order valence-corrected chi connectivity index (χ3v) is 12.3. The average Bonchev–Trinajstić information content (AvgIpc) is 3.30. The van der Waals surface area contributed by atoms with Crippen molar-refractivity contribution < 1.29 is 23.8 Å². The highest BCUT2D eigenvalue weighted by Gasteiger charge is 2.17. The molecule has 5 heteroatoms. The van der Waals surface area contributed by atoms with Crippen molar-refractivity contribution >= 4 is 11.9 Å². The first-order valence-electron chi connectivity index (χ1n) is 28.2. The van der Waals surface area contributed by atoms with Crippen molar-refractivity contribution in [2.24, 2.45) is 0 Å². The second kappa shape index (κ2) is 55.2. The van der Waals surface area contributed by atoms with E-state index in [4.69, 9.17) is 14.2 Å². The van der Waals surface area contributed by atoms with Crippen LogP contribution in [0.4, 0.5) is 0 Å². The van der Waals surface area contributed by atoms with E-state index in [0.717, 1.165) is 70.6 Å². The fourth-order valence-electron chi connectivity index (χ4n) is 8.17. The molecule has 1 unspecified atom stereocenters. The molecule has 5 nitrogen and oxygen atoms in total. The number of carbonyl (C=O) groups excluding carboxylic acids is 2. The summed E-state index contributed by atoms with van der Waals surface area (Å²) in [4.78, 5) is 25.5. The van der Waals surface area contributed by atoms with E-state index < -0.39 is 6.10 Å². The summed E-state index contributed by atoms with van der Waals surface area (Å²) in [5.74, 6) is -0.396. The van der Waals surface area contributed by atoms with Gasteiger partial charge in [-0.15, -0.1) is 0 Å². The Labute approximate surface area is 399 Å². The van der Waals surface area contributed by atoms with Crippen molar-refractivity contribution in [3.8, 4) is 0 Å². The topological polar surface area (TPSA) is 61.8 Å². The predicted octanol–water partition coefficient (Wildman–Crippen LogP) is 19.1. The molecular formula is C59H108O5. The van der Waals surface area contributed by atoms with Crippen LogP contribution in [0.15, 0.2) is 48.6 Å². The highest BCUT2D eigenvalue weighted by molar-refractivity contribution is 5.70. The molecule has 0 amide bonds. The molecule has 0 aromatic rings. The quantitative estimate of drug-likeness (QED) is 0.0346. The molecule has 0 radical (unpaired) electrons. The Hall–Kier alpha value is -2.14. The summed E-state index contributed by atoms with van der Waals surface area (Å²) in [5.41, 5.74) is 0. The van der Waals surface area contributed by atoms with Gasteiger partial charge in [-0.3, -0.25) is 9.59 Å². The molecule has 64 heavy (non-hydrogen) atoms. The fraction of sp³-hybridized carbons (Fsp3) is 0.831. The Bertz CT molecular complexity index is 1060. The molecule has 0 aliphatic carbocycles. The van der Waals surface area contributed by atoms with E-state index in [0.29, 0.717) is 19.4 Å². The SMILES string of the molecule is CC/C=C\C/C=C\C/C=C\CCCCCCCCCC(=O)OCC(COCCCCCCCC/C=C\CCCCCC)OC(=O)CCCCCCCCCCCCCCCCCCC. The lowest BCUT2D eigenvalue weighted by molar-refractivity contribution is -0.163. The maximum Gasteiger partial charge on any atom is 0.306 e. The third kappa shape index (κ3) is 52.5. The molecule has 0 saturated heterocycles. The van der Waals surface area contributed by atoms with Gasteiger partial charge in [-0.05, 0) is 77.0 Å². The minimum Gasteiger partial charge on any atom is -0.462 e. The van der Waals surface area contributed by atoms with Gasteiger partial charge in [0.2, 0.25) is 0 Å². The molecule has 0 aromatic heterocycles. The number of allylic oxidation sites excluding steroid dienone is 8. The third-order valence-electron chi connectivity index (χ3n) is 12.3. The summed E-state index contributed by atoms with van der Waals surface area (Å²) >= 11 is 0. The highest BCUT2D eigenvalue weighted by atomic mass is 16.6. The zero-order chi connectivity index (χ0) is 46.3. The summed E-state index contributed by atoms with van der Waals surface area (Å²) in [5, 5.41) is 0. The molecule has 374 valence electrons. The Kier molecular flexibility index (Phi) is 53.3. The summed E-state index contributed by atoms with van der Waals surface area (Å²) in [6.07, 6.45) is 68.4. The maximum atomic E-state index is 12.8. The van der Waals surface area contributed by atoms with Crippen LogP contribution in [0.5, 0.6) is 0 Å². The summed E-state index contributed by atoms with van der Waals surface area (Å²) in [6, 6.07) is 0. The number of carbonyl (C=O) groups is 2. The van der Waals surface area contributed by atoms with Gasteiger partial charge in [-0.2, -0.15) is 0 Å². The van der Waals surface area contributed by atoms with E-state index in [-0.39, 0.29) is 25.2 Å². The Morgan fingerprint density at radius 2 is 0.703 bits per heavy atom. The van der Waals surface area contributed by atoms with Crippen molar-refractivity contribution in [2.75, 3.05) is 19.8 Å². The second-order valence-corrected chi connectivity index (χ2v) is 18.8. The lowest BCUT2D eigenvalue weighted by Crippen LogP contribution is -2.30. The molecule has 1 atom stereocenters. The van der Waals surface area contributed by atoms with E-state index in [9.17, 15) is 9.59 Å². The van der Waals surface area contributed by atoms with Gasteiger partial charge >= 0.3 is 11.9 Å². The Balaban J connectivity index is 4.25. The molecular weight excluding hydrogens is 789 g/mol. The van der Waals surface area contributed by atoms with Gasteiger partial charge in [0.25, 0.3) is 0 Å². The maximum absolute atomic E-state index is 12.8. The van der Waals surface area contributed by atoms with Crippen molar-refractivity contribution in [3.63, 3.8) is 0 Å². The molecule has 0 saturated carbocycles. The van der Waals surface area contributed by atoms with Crippen molar-refractivity contribution in [1.29, 1.82) is 0 Å². The van der Waals surface area contributed by atoms with E-state index in [1.807, 2.05) is 0 Å². The number of ether oxygens (including phenoxy) is 3. The summed E-state index contributed by atoms with van der Waals surface area (Å²) in [6.45, 7) is 7.73. The Morgan fingerprint density at radius 3 is 1.16 bits per heavy atom. The monoisotopic (exact) mass is 897 g/mol. The first-order chi connectivity index (χ1) is 31.6. The van der Waals surface area contributed by atoms with Gasteiger partial charge in [-0.25, -0.2) is 0 Å². The van der Waals surface area contributed by atoms with Gasteiger partial charge < -0.3 is 14.2 Å². The van der Waals surface area contributed by atoms with Crippen LogP contribution in [0, 0.1) is 0 Å². The molecule has 0 aliphatic rings. The highest BCUT2D eigenvalue weighted by Crippen LogP contribution is 2.16. The van der Waals surface area contributed by atoms with Gasteiger partial charge in [0.15, 0.2) is 6.10 Å². The molecule has 0 rings (SSSR count). The smallest absolute Gasteiger partial charge is 0.306 e. The Morgan fingerprint density at radius 1 is 0.359 bits per heavy atom. The first-order valence-corrected chi connectivity index (χ1v) is 28.2. The normalized spacial score (nSPS) is 12.5. The first kappa shape index (κ1) is 61.9. The van der Waals surface area contributed by atoms with Crippen LogP contribution in [0.3, 0.4) is 0 Å². The number of hydrogen-bond acceptors (Lipinski definition) is 5. The van der Waals surface area contributed by atoms with E-state index in [2.05, 4.69) is 69.4 Å². The van der Waals surface area contributed by atoms with Gasteiger partial charge in [0, 0.05) is 19.4 Å². The van der Waals surface area contributed by atoms with Gasteiger partial charge in [-0.1, -0.05) is 249 Å². The van der Waals surface area contributed by atoms with Crippen LogP contribution in [0.25, 0.3) is 0 Å². The zero-order valence-corrected chi connectivity index (χ0v) is 43.1. The van der Waals surface area contributed by atoms with Crippen molar-refractivity contribution in [2.45, 2.75) is 297 Å². The van der Waals surface area contributed by atoms with E-state index in [1.54, 1.807) is 0 Å². The van der Waals surface area contributed by atoms with Crippen LogP contribution in [0.2, 0.25) is 0 Å². The molecule has 0 fully saturated rings. The van der Waals surface area contributed by atoms with E-state index >= 15 is 0 Å². The van der Waals surface area contributed by atoms with Crippen molar-refractivity contribution in [1.82, 2.24) is 0 Å². The molecule has 0 spiro atoms. The van der Waals surface area contributed by atoms with Crippen LogP contribution in [0.1, 0.15) is 290 Å². The van der Waals surface area contributed by atoms with Crippen molar-refractivity contribution in [3.05, 3.63) is 48.6 Å². The number of rotatable bonds is 52.